The third-order valence-electron chi connectivity index (χ3n) is 2.78. The minimum Gasteiger partial charge on any atom is -0.497 e. The molecule has 0 unspecified atom stereocenters. The van der Waals surface area contributed by atoms with E-state index in [1.54, 1.807) is 12.5 Å². The van der Waals surface area contributed by atoms with Crippen molar-refractivity contribution in [3.05, 3.63) is 40.3 Å². The Kier molecular flexibility index (Phi) is 5.57. The molecule has 0 aliphatic rings. The summed E-state index contributed by atoms with van der Waals surface area (Å²) in [5.41, 5.74) is 0.621. The van der Waals surface area contributed by atoms with Crippen LogP contribution in [0.15, 0.2) is 29.6 Å². The largest absolute Gasteiger partial charge is 0.497 e. The molecule has 21 heavy (non-hydrogen) atoms. The van der Waals surface area contributed by atoms with Crippen LogP contribution in [0.5, 0.6) is 11.5 Å². The Morgan fingerprint density at radius 3 is 2.95 bits per heavy atom. The van der Waals surface area contributed by atoms with Crippen LogP contribution < -0.4 is 9.47 Å². The van der Waals surface area contributed by atoms with Crippen LogP contribution in [0.25, 0.3) is 0 Å². The van der Waals surface area contributed by atoms with Crippen molar-refractivity contribution in [3.8, 4) is 11.5 Å². The Morgan fingerprint density at radius 2 is 2.19 bits per heavy atom. The van der Waals surface area contributed by atoms with Gasteiger partial charge in [-0.1, -0.05) is 6.07 Å². The maximum atomic E-state index is 10.6. The number of carbonyl (C=O) groups is 1. The van der Waals surface area contributed by atoms with Gasteiger partial charge in [0, 0.05) is 17.9 Å². The quantitative estimate of drug-likeness (QED) is 0.759. The number of hydrogen-bond donors (Lipinski definition) is 1. The molecule has 2 aromatic rings. The highest BCUT2D eigenvalue weighted by Crippen LogP contribution is 2.19. The normalized spacial score (nSPS) is 10.3. The third kappa shape index (κ3) is 5.07. The highest BCUT2D eigenvalue weighted by Gasteiger charge is 2.06. The van der Waals surface area contributed by atoms with Gasteiger partial charge < -0.3 is 14.6 Å². The Balaban J connectivity index is 1.74. The van der Waals surface area contributed by atoms with Crippen LogP contribution in [0.3, 0.4) is 0 Å². The molecule has 0 fully saturated rings. The highest BCUT2D eigenvalue weighted by atomic mass is 32.1. The van der Waals surface area contributed by atoms with E-state index in [1.165, 1.54) is 11.3 Å². The van der Waals surface area contributed by atoms with Crippen LogP contribution in [-0.4, -0.2) is 29.8 Å². The molecule has 0 amide bonds. The number of rotatable bonds is 8. The van der Waals surface area contributed by atoms with Crippen LogP contribution in [0.1, 0.15) is 17.1 Å². The fraction of sp³-hybridized carbons (Fsp3) is 0.333. The van der Waals surface area contributed by atoms with Gasteiger partial charge in [-0.05, 0) is 18.6 Å². The summed E-state index contributed by atoms with van der Waals surface area (Å²) < 4.78 is 10.8. The molecule has 0 saturated heterocycles. The van der Waals surface area contributed by atoms with E-state index in [0.717, 1.165) is 29.3 Å². The second kappa shape index (κ2) is 7.64. The lowest BCUT2D eigenvalue weighted by Crippen LogP contribution is -2.01. The fourth-order valence-electron chi connectivity index (χ4n) is 1.80. The molecule has 0 atom stereocenters. The molecule has 0 radical (unpaired) electrons. The summed E-state index contributed by atoms with van der Waals surface area (Å²) in [6, 6.07) is 7.48. The van der Waals surface area contributed by atoms with Gasteiger partial charge in [0.1, 0.15) is 11.5 Å². The molecule has 6 heteroatoms. The van der Waals surface area contributed by atoms with Crippen LogP contribution in [0.4, 0.5) is 0 Å². The van der Waals surface area contributed by atoms with E-state index in [4.69, 9.17) is 14.6 Å². The summed E-state index contributed by atoms with van der Waals surface area (Å²) in [6.07, 6.45) is 1.60. The summed E-state index contributed by atoms with van der Waals surface area (Å²) in [5.74, 6) is 0.694. The smallest absolute Gasteiger partial charge is 0.309 e. The molecule has 1 aromatic carbocycles. The number of thiazole rings is 1. The molecule has 0 bridgehead atoms. The molecule has 2 rings (SSSR count). The van der Waals surface area contributed by atoms with Crippen LogP contribution >= 0.6 is 11.3 Å². The number of ether oxygens (including phenoxy) is 2. The zero-order valence-corrected chi connectivity index (χ0v) is 12.6. The van der Waals surface area contributed by atoms with Crippen molar-refractivity contribution in [1.82, 2.24) is 4.98 Å². The SMILES string of the molecule is COc1cccc(OCCCc2nc(CC(=O)O)cs2)c1. The van der Waals surface area contributed by atoms with E-state index in [9.17, 15) is 4.79 Å². The predicted molar refractivity (Wildman–Crippen MR) is 80.3 cm³/mol. The standard InChI is InChI=1S/C15H17NO4S/c1-19-12-4-2-5-13(9-12)20-7-3-6-14-16-11(10-21-14)8-15(17)18/h2,4-5,9-10H,3,6-8H2,1H3,(H,17,18). The maximum absolute atomic E-state index is 10.6. The Morgan fingerprint density at radius 1 is 1.38 bits per heavy atom. The fourth-order valence-corrected chi connectivity index (χ4v) is 2.64. The van der Waals surface area contributed by atoms with Gasteiger partial charge in [-0.25, -0.2) is 4.98 Å². The second-order valence-corrected chi connectivity index (χ2v) is 5.38. The van der Waals surface area contributed by atoms with E-state index in [0.29, 0.717) is 12.3 Å². The number of aliphatic carboxylic acids is 1. The van der Waals surface area contributed by atoms with Gasteiger partial charge in [0.25, 0.3) is 0 Å². The number of methoxy groups -OCH3 is 1. The van der Waals surface area contributed by atoms with Crippen molar-refractivity contribution in [2.45, 2.75) is 19.3 Å². The van der Waals surface area contributed by atoms with Crippen molar-refractivity contribution in [2.75, 3.05) is 13.7 Å². The Hall–Kier alpha value is -2.08. The first kappa shape index (κ1) is 15.3. The molecule has 0 spiro atoms. The predicted octanol–water partition coefficient (Wildman–Crippen LogP) is 2.79. The Labute approximate surface area is 127 Å². The zero-order chi connectivity index (χ0) is 15.1. The van der Waals surface area contributed by atoms with E-state index >= 15 is 0 Å². The minimum absolute atomic E-state index is 0.0171. The molecule has 1 N–H and O–H groups in total. The summed E-state index contributed by atoms with van der Waals surface area (Å²) in [6.45, 7) is 0.584. The molecule has 0 aliphatic heterocycles. The average molecular weight is 307 g/mol. The van der Waals surface area contributed by atoms with E-state index in [1.807, 2.05) is 24.3 Å². The monoisotopic (exact) mass is 307 g/mol. The van der Waals surface area contributed by atoms with E-state index in [-0.39, 0.29) is 6.42 Å². The van der Waals surface area contributed by atoms with Gasteiger partial charge in [0.15, 0.2) is 0 Å². The van der Waals surface area contributed by atoms with Gasteiger partial charge in [-0.15, -0.1) is 11.3 Å². The lowest BCUT2D eigenvalue weighted by Gasteiger charge is -2.06. The Bertz CT molecular complexity index is 597. The number of nitrogens with zero attached hydrogens (tertiary/aromatic N) is 1. The number of aromatic nitrogens is 1. The summed E-state index contributed by atoms with van der Waals surface area (Å²) in [5, 5.41) is 11.4. The van der Waals surface area contributed by atoms with Crippen LogP contribution in [0.2, 0.25) is 0 Å². The summed E-state index contributed by atoms with van der Waals surface area (Å²) >= 11 is 1.49. The van der Waals surface area contributed by atoms with Gasteiger partial charge in [-0.2, -0.15) is 0 Å². The maximum Gasteiger partial charge on any atom is 0.309 e. The molecule has 1 aromatic heterocycles. The first-order valence-corrected chi connectivity index (χ1v) is 7.47. The van der Waals surface area contributed by atoms with Crippen molar-refractivity contribution < 1.29 is 19.4 Å². The minimum atomic E-state index is -0.854. The number of carboxylic acids is 1. The van der Waals surface area contributed by atoms with Gasteiger partial charge in [0.05, 0.1) is 30.8 Å². The average Bonchev–Trinajstić information content (AvgIpc) is 2.90. The molecule has 112 valence electrons. The van der Waals surface area contributed by atoms with E-state index in [2.05, 4.69) is 4.98 Å². The second-order valence-electron chi connectivity index (χ2n) is 4.43. The number of carboxylic acid groups (broad SMARTS) is 1. The van der Waals surface area contributed by atoms with Gasteiger partial charge >= 0.3 is 5.97 Å². The zero-order valence-electron chi connectivity index (χ0n) is 11.7. The molecule has 0 aliphatic carbocycles. The molecule has 0 saturated carbocycles. The number of hydrogen-bond acceptors (Lipinski definition) is 5. The van der Waals surface area contributed by atoms with Crippen molar-refractivity contribution in [2.24, 2.45) is 0 Å². The summed E-state index contributed by atoms with van der Waals surface area (Å²) in [7, 11) is 1.62. The topological polar surface area (TPSA) is 68.7 Å². The highest BCUT2D eigenvalue weighted by molar-refractivity contribution is 7.09. The van der Waals surface area contributed by atoms with Crippen molar-refractivity contribution >= 4 is 17.3 Å². The molecule has 1 heterocycles. The summed E-state index contributed by atoms with van der Waals surface area (Å²) in [4.78, 5) is 14.9. The van der Waals surface area contributed by atoms with E-state index < -0.39 is 5.97 Å². The van der Waals surface area contributed by atoms with Crippen LogP contribution in [-0.2, 0) is 17.6 Å². The number of aryl methyl sites for hydroxylation is 1. The van der Waals surface area contributed by atoms with Crippen molar-refractivity contribution in [1.29, 1.82) is 0 Å². The molecular formula is C15H17NO4S. The lowest BCUT2D eigenvalue weighted by atomic mass is 10.3. The molecule has 5 nitrogen and oxygen atoms in total. The number of benzene rings is 1. The van der Waals surface area contributed by atoms with Gasteiger partial charge in [-0.3, -0.25) is 4.79 Å². The van der Waals surface area contributed by atoms with Gasteiger partial charge in [0.2, 0.25) is 0 Å². The van der Waals surface area contributed by atoms with Crippen molar-refractivity contribution in [3.63, 3.8) is 0 Å². The first-order valence-electron chi connectivity index (χ1n) is 6.59. The van der Waals surface area contributed by atoms with Crippen LogP contribution in [0, 0.1) is 0 Å². The lowest BCUT2D eigenvalue weighted by molar-refractivity contribution is -0.136. The first-order chi connectivity index (χ1) is 10.2. The molecular weight excluding hydrogens is 290 g/mol. The third-order valence-corrected chi connectivity index (χ3v) is 3.73.